The zero-order valence-electron chi connectivity index (χ0n) is 10.8. The smallest absolute Gasteiger partial charge is 0.330 e. The van der Waals surface area contributed by atoms with E-state index in [1.807, 2.05) is 29.2 Å². The van der Waals surface area contributed by atoms with E-state index in [1.165, 1.54) is 13.2 Å². The molecule has 0 N–H and O–H groups in total. The van der Waals surface area contributed by atoms with E-state index < -0.39 is 0 Å². The molecule has 3 rings (SSSR count). The van der Waals surface area contributed by atoms with Gasteiger partial charge in [-0.2, -0.15) is 0 Å². The second kappa shape index (κ2) is 4.53. The van der Waals surface area contributed by atoms with Crippen LogP contribution in [0.4, 0.5) is 0 Å². The molecule has 0 bridgehead atoms. The van der Waals surface area contributed by atoms with Crippen LogP contribution in [0.3, 0.4) is 0 Å². The molecule has 0 aliphatic carbocycles. The molecule has 19 heavy (non-hydrogen) atoms. The van der Waals surface area contributed by atoms with Gasteiger partial charge in [-0.05, 0) is 30.0 Å². The summed E-state index contributed by atoms with van der Waals surface area (Å²) < 4.78 is 4.72. The Morgan fingerprint density at radius 3 is 2.84 bits per heavy atom. The van der Waals surface area contributed by atoms with Crippen molar-refractivity contribution in [2.75, 3.05) is 13.7 Å². The Balaban J connectivity index is 2.16. The number of esters is 1. The lowest BCUT2D eigenvalue weighted by atomic mass is 9.88. The topological polar surface area (TPSA) is 46.6 Å². The van der Waals surface area contributed by atoms with E-state index in [0.29, 0.717) is 5.56 Å². The van der Waals surface area contributed by atoms with Crippen LogP contribution in [-0.2, 0) is 9.53 Å². The van der Waals surface area contributed by atoms with Crippen molar-refractivity contribution in [3.8, 4) is 0 Å². The summed E-state index contributed by atoms with van der Waals surface area (Å²) in [5.74, 6) is -0.300. The molecule has 4 heteroatoms. The molecule has 0 spiro atoms. The van der Waals surface area contributed by atoms with Crippen LogP contribution in [0.25, 0.3) is 5.57 Å². The molecule has 2 aliphatic heterocycles. The summed E-state index contributed by atoms with van der Waals surface area (Å²) in [4.78, 5) is 25.8. The Hall–Kier alpha value is -2.10. The fraction of sp³-hybridized carbons (Fsp3) is 0.333. The van der Waals surface area contributed by atoms with Crippen molar-refractivity contribution in [1.82, 2.24) is 4.90 Å². The molecule has 0 unspecified atom stereocenters. The van der Waals surface area contributed by atoms with E-state index in [9.17, 15) is 9.59 Å². The highest BCUT2D eigenvalue weighted by Crippen LogP contribution is 2.37. The maximum Gasteiger partial charge on any atom is 0.330 e. The summed E-state index contributed by atoms with van der Waals surface area (Å²) >= 11 is 0. The Kier molecular flexibility index (Phi) is 2.85. The number of hydrogen-bond acceptors (Lipinski definition) is 3. The molecule has 0 radical (unpaired) electrons. The molecule has 1 atom stereocenters. The predicted octanol–water partition coefficient (Wildman–Crippen LogP) is 1.86. The fourth-order valence-corrected chi connectivity index (χ4v) is 2.95. The zero-order valence-corrected chi connectivity index (χ0v) is 10.8. The molecule has 0 saturated carbocycles. The van der Waals surface area contributed by atoms with E-state index in [1.54, 1.807) is 0 Å². The van der Waals surface area contributed by atoms with Crippen LogP contribution in [0, 0.1) is 0 Å². The van der Waals surface area contributed by atoms with Crippen LogP contribution in [0.1, 0.15) is 28.8 Å². The highest BCUT2D eigenvalue weighted by molar-refractivity contribution is 6.06. The average molecular weight is 257 g/mol. The number of amides is 1. The number of benzene rings is 1. The number of fused-ring (bicyclic) bond motifs is 2. The summed E-state index contributed by atoms with van der Waals surface area (Å²) in [7, 11) is 1.37. The summed E-state index contributed by atoms with van der Waals surface area (Å²) in [5.41, 5.74) is 2.44. The van der Waals surface area contributed by atoms with Crippen LogP contribution in [0.5, 0.6) is 0 Å². The van der Waals surface area contributed by atoms with E-state index in [4.69, 9.17) is 4.74 Å². The number of carbonyl (C=O) groups is 2. The second-order valence-corrected chi connectivity index (χ2v) is 4.82. The van der Waals surface area contributed by atoms with Crippen LogP contribution >= 0.6 is 0 Å². The van der Waals surface area contributed by atoms with E-state index >= 15 is 0 Å². The first kappa shape index (κ1) is 12.0. The van der Waals surface area contributed by atoms with Crippen LogP contribution < -0.4 is 0 Å². The lowest BCUT2D eigenvalue weighted by molar-refractivity contribution is -0.134. The van der Waals surface area contributed by atoms with Gasteiger partial charge < -0.3 is 9.64 Å². The predicted molar refractivity (Wildman–Crippen MR) is 70.5 cm³/mol. The summed E-state index contributed by atoms with van der Waals surface area (Å²) in [6, 6.07) is 7.47. The molecule has 1 saturated heterocycles. The molecular formula is C15H15NO3. The lowest BCUT2D eigenvalue weighted by Gasteiger charge is -2.33. The van der Waals surface area contributed by atoms with Gasteiger partial charge in [-0.15, -0.1) is 0 Å². The van der Waals surface area contributed by atoms with Gasteiger partial charge in [-0.25, -0.2) is 4.79 Å². The summed E-state index contributed by atoms with van der Waals surface area (Å²) in [6.45, 7) is 0.760. The van der Waals surface area contributed by atoms with Crippen molar-refractivity contribution >= 4 is 17.4 Å². The van der Waals surface area contributed by atoms with Gasteiger partial charge in [0.25, 0.3) is 5.91 Å². The van der Waals surface area contributed by atoms with Gasteiger partial charge in [0.05, 0.1) is 13.2 Å². The van der Waals surface area contributed by atoms with Crippen LogP contribution in [0.2, 0.25) is 0 Å². The standard InChI is InChI=1S/C15H15NO3/c1-19-14(17)9-12-10-5-2-3-6-11(10)15(18)16-8-4-7-13(12)16/h2-3,5-6,9,13H,4,7-8H2,1H3/b12-9-/t13-/m0/s1. The largest absolute Gasteiger partial charge is 0.466 e. The Bertz CT molecular complexity index is 577. The van der Waals surface area contributed by atoms with Gasteiger partial charge in [0, 0.05) is 18.2 Å². The number of rotatable bonds is 1. The van der Waals surface area contributed by atoms with Crippen molar-refractivity contribution in [2.24, 2.45) is 0 Å². The summed E-state index contributed by atoms with van der Waals surface area (Å²) in [5, 5.41) is 0. The Morgan fingerprint density at radius 2 is 2.11 bits per heavy atom. The first-order valence-electron chi connectivity index (χ1n) is 6.42. The van der Waals surface area contributed by atoms with Crippen LogP contribution in [0.15, 0.2) is 30.3 Å². The molecule has 2 aliphatic rings. The average Bonchev–Trinajstić information content (AvgIpc) is 2.92. The number of ether oxygens (including phenoxy) is 1. The number of carbonyl (C=O) groups excluding carboxylic acids is 2. The van der Waals surface area contributed by atoms with E-state index in [-0.39, 0.29) is 17.9 Å². The molecule has 1 fully saturated rings. The molecule has 1 amide bonds. The van der Waals surface area contributed by atoms with Gasteiger partial charge in [0.2, 0.25) is 0 Å². The first-order chi connectivity index (χ1) is 9.22. The van der Waals surface area contributed by atoms with Crippen molar-refractivity contribution in [1.29, 1.82) is 0 Å². The highest BCUT2D eigenvalue weighted by Gasteiger charge is 2.38. The third kappa shape index (κ3) is 1.84. The van der Waals surface area contributed by atoms with Crippen molar-refractivity contribution < 1.29 is 14.3 Å². The van der Waals surface area contributed by atoms with E-state index in [0.717, 1.165) is 30.5 Å². The number of hydrogen-bond donors (Lipinski definition) is 0. The molecule has 2 heterocycles. The van der Waals surface area contributed by atoms with Crippen molar-refractivity contribution in [2.45, 2.75) is 18.9 Å². The maximum absolute atomic E-state index is 12.4. The molecule has 98 valence electrons. The second-order valence-electron chi connectivity index (χ2n) is 4.82. The Morgan fingerprint density at radius 1 is 1.37 bits per heavy atom. The maximum atomic E-state index is 12.4. The third-order valence-corrected chi connectivity index (χ3v) is 3.82. The third-order valence-electron chi connectivity index (χ3n) is 3.82. The first-order valence-corrected chi connectivity index (χ1v) is 6.42. The van der Waals surface area contributed by atoms with Crippen molar-refractivity contribution in [3.63, 3.8) is 0 Å². The zero-order chi connectivity index (χ0) is 13.4. The van der Waals surface area contributed by atoms with Crippen molar-refractivity contribution in [3.05, 3.63) is 41.5 Å². The molecule has 4 nitrogen and oxygen atoms in total. The van der Waals surface area contributed by atoms with Gasteiger partial charge in [0.1, 0.15) is 0 Å². The molecule has 0 aromatic heterocycles. The van der Waals surface area contributed by atoms with Gasteiger partial charge in [-0.1, -0.05) is 18.2 Å². The van der Waals surface area contributed by atoms with Gasteiger partial charge in [-0.3, -0.25) is 4.79 Å². The number of methoxy groups -OCH3 is 1. The number of nitrogens with zero attached hydrogens (tertiary/aromatic N) is 1. The van der Waals surface area contributed by atoms with Gasteiger partial charge in [0.15, 0.2) is 0 Å². The molecule has 1 aromatic carbocycles. The SMILES string of the molecule is COC(=O)/C=C1/c2ccccc2C(=O)N2CCC[C@@H]12. The quantitative estimate of drug-likeness (QED) is 0.570. The fourth-order valence-electron chi connectivity index (χ4n) is 2.95. The monoisotopic (exact) mass is 257 g/mol. The van der Waals surface area contributed by atoms with E-state index in [2.05, 4.69) is 0 Å². The Labute approximate surface area is 111 Å². The molecular weight excluding hydrogens is 242 g/mol. The molecule has 1 aromatic rings. The van der Waals surface area contributed by atoms with Crippen LogP contribution in [-0.4, -0.2) is 36.5 Å². The normalized spacial score (nSPS) is 23.2. The lowest BCUT2D eigenvalue weighted by Crippen LogP contribution is -2.40. The van der Waals surface area contributed by atoms with Gasteiger partial charge >= 0.3 is 5.97 Å². The minimum atomic E-state index is -0.369. The highest BCUT2D eigenvalue weighted by atomic mass is 16.5. The minimum Gasteiger partial charge on any atom is -0.466 e. The summed E-state index contributed by atoms with van der Waals surface area (Å²) in [6.07, 6.45) is 3.40. The minimum absolute atomic E-state index is 0.0153.